The summed E-state index contributed by atoms with van der Waals surface area (Å²) in [6.07, 6.45) is 5.47. The molecule has 2 saturated heterocycles. The van der Waals surface area contributed by atoms with E-state index in [1.54, 1.807) is 7.11 Å². The minimum absolute atomic E-state index is 0.0462. The highest BCUT2D eigenvalue weighted by Crippen LogP contribution is 2.26. The maximum Gasteiger partial charge on any atom is 0.324 e. The van der Waals surface area contributed by atoms with Gasteiger partial charge in [0.25, 0.3) is 0 Å². The summed E-state index contributed by atoms with van der Waals surface area (Å²) in [6.45, 7) is 7.94. The SMILES string of the molecule is COc1ccc(-c2noc(N3CCCC(C(=O)NCCCN4CCCC(C)C4)C3)n2)cc1. The molecule has 2 aliphatic rings. The number of amides is 1. The highest BCUT2D eigenvalue weighted by atomic mass is 16.5. The van der Waals surface area contributed by atoms with Gasteiger partial charge in [0.1, 0.15) is 5.75 Å². The van der Waals surface area contributed by atoms with E-state index in [2.05, 4.69) is 27.3 Å². The Morgan fingerprint density at radius 1 is 1.19 bits per heavy atom. The molecule has 2 atom stereocenters. The van der Waals surface area contributed by atoms with E-state index in [9.17, 15) is 4.79 Å². The Bertz CT molecular complexity index is 869. The Morgan fingerprint density at radius 3 is 2.78 bits per heavy atom. The van der Waals surface area contributed by atoms with Crippen LogP contribution in [-0.2, 0) is 4.79 Å². The van der Waals surface area contributed by atoms with Crippen molar-refractivity contribution in [1.29, 1.82) is 0 Å². The highest BCUT2D eigenvalue weighted by Gasteiger charge is 2.28. The van der Waals surface area contributed by atoms with Crippen molar-refractivity contribution in [3.63, 3.8) is 0 Å². The molecule has 2 aliphatic heterocycles. The van der Waals surface area contributed by atoms with Crippen molar-refractivity contribution in [3.8, 4) is 17.1 Å². The zero-order chi connectivity index (χ0) is 22.3. The van der Waals surface area contributed by atoms with Crippen LogP contribution in [-0.4, -0.2) is 67.3 Å². The molecule has 0 radical (unpaired) electrons. The summed E-state index contributed by atoms with van der Waals surface area (Å²) < 4.78 is 10.7. The molecule has 2 aromatic rings. The number of hydrogen-bond donors (Lipinski definition) is 1. The molecule has 0 aliphatic carbocycles. The van der Waals surface area contributed by atoms with Crippen LogP contribution in [0.5, 0.6) is 5.75 Å². The maximum atomic E-state index is 12.7. The fraction of sp³-hybridized carbons (Fsp3) is 0.625. The average Bonchev–Trinajstić information content (AvgIpc) is 3.32. The quantitative estimate of drug-likeness (QED) is 0.630. The van der Waals surface area contributed by atoms with Crippen LogP contribution in [0.1, 0.15) is 39.0 Å². The van der Waals surface area contributed by atoms with Gasteiger partial charge in [-0.05, 0) is 75.4 Å². The molecule has 1 aromatic heterocycles. The third kappa shape index (κ3) is 5.79. The van der Waals surface area contributed by atoms with Crippen molar-refractivity contribution in [1.82, 2.24) is 20.4 Å². The van der Waals surface area contributed by atoms with Gasteiger partial charge in [-0.15, -0.1) is 0 Å². The zero-order valence-electron chi connectivity index (χ0n) is 19.3. The van der Waals surface area contributed by atoms with Gasteiger partial charge < -0.3 is 24.4 Å². The Labute approximate surface area is 190 Å². The first-order valence-corrected chi connectivity index (χ1v) is 11.9. The van der Waals surface area contributed by atoms with Gasteiger partial charge in [0.05, 0.1) is 13.0 Å². The van der Waals surface area contributed by atoms with Crippen LogP contribution in [0.2, 0.25) is 0 Å². The van der Waals surface area contributed by atoms with Crippen LogP contribution < -0.4 is 15.0 Å². The third-order valence-corrected chi connectivity index (χ3v) is 6.52. The normalized spacial score (nSPS) is 22.0. The van der Waals surface area contributed by atoms with E-state index in [1.165, 1.54) is 25.9 Å². The molecule has 32 heavy (non-hydrogen) atoms. The summed E-state index contributed by atoms with van der Waals surface area (Å²) in [7, 11) is 1.64. The topological polar surface area (TPSA) is 83.7 Å². The summed E-state index contributed by atoms with van der Waals surface area (Å²) in [6, 6.07) is 8.04. The number of rotatable bonds is 8. The molecular formula is C24H35N5O3. The highest BCUT2D eigenvalue weighted by molar-refractivity contribution is 5.79. The molecule has 2 fully saturated rings. The minimum Gasteiger partial charge on any atom is -0.497 e. The molecule has 1 N–H and O–H groups in total. The number of ether oxygens (including phenoxy) is 1. The lowest BCUT2D eigenvalue weighted by atomic mass is 9.97. The van der Waals surface area contributed by atoms with Gasteiger partial charge in [-0.3, -0.25) is 4.79 Å². The second-order valence-electron chi connectivity index (χ2n) is 9.11. The number of hydrogen-bond acceptors (Lipinski definition) is 7. The van der Waals surface area contributed by atoms with E-state index in [-0.39, 0.29) is 11.8 Å². The zero-order valence-corrected chi connectivity index (χ0v) is 19.3. The van der Waals surface area contributed by atoms with Gasteiger partial charge in [-0.25, -0.2) is 0 Å². The van der Waals surface area contributed by atoms with Crippen LogP contribution in [0.15, 0.2) is 28.8 Å². The number of benzene rings is 1. The smallest absolute Gasteiger partial charge is 0.324 e. The van der Waals surface area contributed by atoms with E-state index < -0.39 is 0 Å². The van der Waals surface area contributed by atoms with Crippen LogP contribution >= 0.6 is 0 Å². The second kappa shape index (κ2) is 10.8. The fourth-order valence-corrected chi connectivity index (χ4v) is 4.71. The van der Waals surface area contributed by atoms with Gasteiger partial charge in [0, 0.05) is 31.7 Å². The molecule has 0 spiro atoms. The summed E-state index contributed by atoms with van der Waals surface area (Å²) in [5.41, 5.74) is 0.871. The molecule has 174 valence electrons. The molecule has 4 rings (SSSR count). The second-order valence-corrected chi connectivity index (χ2v) is 9.11. The van der Waals surface area contributed by atoms with Crippen molar-refractivity contribution in [2.24, 2.45) is 11.8 Å². The Morgan fingerprint density at radius 2 is 2.00 bits per heavy atom. The first-order valence-electron chi connectivity index (χ1n) is 11.9. The summed E-state index contributed by atoms with van der Waals surface area (Å²) in [5, 5.41) is 7.27. The van der Waals surface area contributed by atoms with E-state index in [0.717, 1.165) is 56.1 Å². The minimum atomic E-state index is -0.0462. The van der Waals surface area contributed by atoms with E-state index in [0.29, 0.717) is 18.4 Å². The van der Waals surface area contributed by atoms with Crippen molar-refractivity contribution >= 4 is 11.9 Å². The number of carbonyl (C=O) groups is 1. The number of aromatic nitrogens is 2. The van der Waals surface area contributed by atoms with Crippen molar-refractivity contribution in [3.05, 3.63) is 24.3 Å². The van der Waals surface area contributed by atoms with Crippen molar-refractivity contribution in [2.45, 2.75) is 39.0 Å². The van der Waals surface area contributed by atoms with Gasteiger partial charge in [0.2, 0.25) is 11.7 Å². The predicted molar refractivity (Wildman–Crippen MR) is 124 cm³/mol. The van der Waals surface area contributed by atoms with Crippen molar-refractivity contribution in [2.75, 3.05) is 51.3 Å². The van der Waals surface area contributed by atoms with Gasteiger partial charge in [0.15, 0.2) is 0 Å². The fourth-order valence-electron chi connectivity index (χ4n) is 4.71. The molecule has 0 saturated carbocycles. The number of nitrogens with one attached hydrogen (secondary N) is 1. The Kier molecular flexibility index (Phi) is 7.63. The summed E-state index contributed by atoms with van der Waals surface area (Å²) in [4.78, 5) is 21.8. The average molecular weight is 442 g/mol. The largest absolute Gasteiger partial charge is 0.497 e. The monoisotopic (exact) mass is 441 g/mol. The van der Waals surface area contributed by atoms with Crippen LogP contribution in [0.4, 0.5) is 6.01 Å². The van der Waals surface area contributed by atoms with Gasteiger partial charge in [-0.1, -0.05) is 12.1 Å². The van der Waals surface area contributed by atoms with E-state index in [4.69, 9.17) is 9.26 Å². The molecular weight excluding hydrogens is 406 g/mol. The first-order chi connectivity index (χ1) is 15.6. The predicted octanol–water partition coefficient (Wildman–Crippen LogP) is 3.20. The number of piperidine rings is 2. The van der Waals surface area contributed by atoms with Crippen LogP contribution in [0.3, 0.4) is 0 Å². The first kappa shape index (κ1) is 22.6. The number of methoxy groups -OCH3 is 1. The summed E-state index contributed by atoms with van der Waals surface area (Å²) >= 11 is 0. The van der Waals surface area contributed by atoms with Gasteiger partial charge in [-0.2, -0.15) is 4.98 Å². The van der Waals surface area contributed by atoms with Crippen LogP contribution in [0.25, 0.3) is 11.4 Å². The van der Waals surface area contributed by atoms with Crippen molar-refractivity contribution < 1.29 is 14.1 Å². The molecule has 1 amide bonds. The maximum absolute atomic E-state index is 12.7. The van der Waals surface area contributed by atoms with E-state index >= 15 is 0 Å². The Hall–Kier alpha value is -2.61. The molecule has 8 nitrogen and oxygen atoms in total. The number of nitrogens with zero attached hydrogens (tertiary/aromatic N) is 4. The lowest BCUT2D eigenvalue weighted by Gasteiger charge is -2.31. The van der Waals surface area contributed by atoms with E-state index in [1.807, 2.05) is 29.2 Å². The molecule has 2 unspecified atom stereocenters. The molecule has 8 heteroatoms. The molecule has 0 bridgehead atoms. The van der Waals surface area contributed by atoms with Crippen LogP contribution in [0, 0.1) is 11.8 Å². The Balaban J connectivity index is 1.25. The van der Waals surface area contributed by atoms with Gasteiger partial charge >= 0.3 is 6.01 Å². The lowest BCUT2D eigenvalue weighted by Crippen LogP contribution is -2.44. The lowest BCUT2D eigenvalue weighted by molar-refractivity contribution is -0.125. The number of anilines is 1. The molecule has 3 heterocycles. The summed E-state index contributed by atoms with van der Waals surface area (Å²) in [5.74, 6) is 2.21. The third-order valence-electron chi connectivity index (χ3n) is 6.52. The number of carbonyl (C=O) groups excluding carboxylic acids is 1. The number of likely N-dealkylation sites (tertiary alicyclic amines) is 1. The standard InChI is InChI=1S/C24H35N5O3/c1-18-6-3-13-28(16-18)14-5-12-25-23(30)20-7-4-15-29(17-20)24-26-22(27-32-24)19-8-10-21(31-2)11-9-19/h8-11,18,20H,3-7,12-17H2,1-2H3,(H,25,30). The molecule has 1 aromatic carbocycles.